The minimum Gasteiger partial charge on any atom is -0.392 e. The van der Waals surface area contributed by atoms with E-state index < -0.39 is 0 Å². The second-order valence-corrected chi connectivity index (χ2v) is 4.96. The molecule has 2 aromatic carbocycles. The molecule has 4 nitrogen and oxygen atoms in total. The molecule has 0 heterocycles. The fraction of sp³-hybridized carbons (Fsp3) is 0.235. The summed E-state index contributed by atoms with van der Waals surface area (Å²) in [7, 11) is 0. The highest BCUT2D eigenvalue weighted by Crippen LogP contribution is 2.04. The number of aliphatic hydroxyl groups is 1. The first-order valence-corrected chi connectivity index (χ1v) is 7.12. The maximum Gasteiger partial charge on any atom is 0.315 e. The first-order valence-electron chi connectivity index (χ1n) is 7.12. The predicted molar refractivity (Wildman–Crippen MR) is 82.7 cm³/mol. The second-order valence-electron chi connectivity index (χ2n) is 4.96. The van der Waals surface area contributed by atoms with Crippen LogP contribution in [0.25, 0.3) is 0 Å². The molecule has 0 saturated heterocycles. The van der Waals surface area contributed by atoms with Gasteiger partial charge in [0, 0.05) is 13.1 Å². The molecule has 0 aliphatic carbocycles. The molecule has 0 aromatic heterocycles. The van der Waals surface area contributed by atoms with Crippen molar-refractivity contribution >= 4 is 6.03 Å². The molecular weight excluding hydrogens is 283 g/mol. The third-order valence-corrected chi connectivity index (χ3v) is 3.27. The number of halogens is 1. The summed E-state index contributed by atoms with van der Waals surface area (Å²) in [4.78, 5) is 11.7. The smallest absolute Gasteiger partial charge is 0.315 e. The molecule has 2 amide bonds. The SMILES string of the molecule is O=C(NCCc1ccc(F)cc1)NCc1ccc(CO)cc1. The molecule has 0 unspecified atom stereocenters. The van der Waals surface area contributed by atoms with E-state index in [0.29, 0.717) is 19.5 Å². The summed E-state index contributed by atoms with van der Waals surface area (Å²) in [6.07, 6.45) is 0.652. The highest BCUT2D eigenvalue weighted by Gasteiger charge is 2.01. The maximum absolute atomic E-state index is 12.8. The first kappa shape index (κ1) is 16.0. The lowest BCUT2D eigenvalue weighted by atomic mass is 10.1. The topological polar surface area (TPSA) is 61.4 Å². The summed E-state index contributed by atoms with van der Waals surface area (Å²) in [6, 6.07) is 13.4. The van der Waals surface area contributed by atoms with Crippen LogP contribution in [0.4, 0.5) is 9.18 Å². The Bertz CT molecular complexity index is 597. The Labute approximate surface area is 129 Å². The van der Waals surface area contributed by atoms with Gasteiger partial charge in [-0.1, -0.05) is 36.4 Å². The summed E-state index contributed by atoms with van der Waals surface area (Å²) in [6.45, 7) is 0.923. The van der Waals surface area contributed by atoms with E-state index in [-0.39, 0.29) is 18.5 Å². The number of hydrogen-bond acceptors (Lipinski definition) is 2. The highest BCUT2D eigenvalue weighted by atomic mass is 19.1. The summed E-state index contributed by atoms with van der Waals surface area (Å²) < 4.78 is 12.8. The van der Waals surface area contributed by atoms with Gasteiger partial charge in [0.25, 0.3) is 0 Å². The number of benzene rings is 2. The lowest BCUT2D eigenvalue weighted by molar-refractivity contribution is 0.240. The molecule has 22 heavy (non-hydrogen) atoms. The Balaban J connectivity index is 1.68. The Morgan fingerprint density at radius 1 is 0.909 bits per heavy atom. The van der Waals surface area contributed by atoms with Crippen LogP contribution >= 0.6 is 0 Å². The summed E-state index contributed by atoms with van der Waals surface area (Å²) >= 11 is 0. The molecule has 0 fully saturated rings. The van der Waals surface area contributed by atoms with E-state index in [4.69, 9.17) is 5.11 Å². The minimum absolute atomic E-state index is 0.0115. The van der Waals surface area contributed by atoms with Crippen LogP contribution in [0.15, 0.2) is 48.5 Å². The molecule has 0 radical (unpaired) electrons. The van der Waals surface area contributed by atoms with Crippen molar-refractivity contribution in [2.75, 3.05) is 6.54 Å². The van der Waals surface area contributed by atoms with Crippen molar-refractivity contribution in [3.8, 4) is 0 Å². The average molecular weight is 302 g/mol. The van der Waals surface area contributed by atoms with E-state index in [1.54, 1.807) is 12.1 Å². The zero-order chi connectivity index (χ0) is 15.8. The maximum atomic E-state index is 12.8. The van der Waals surface area contributed by atoms with Crippen molar-refractivity contribution in [3.05, 3.63) is 71.0 Å². The number of carbonyl (C=O) groups is 1. The largest absolute Gasteiger partial charge is 0.392 e. The van der Waals surface area contributed by atoms with Crippen molar-refractivity contribution in [3.63, 3.8) is 0 Å². The van der Waals surface area contributed by atoms with E-state index in [1.807, 2.05) is 24.3 Å². The van der Waals surface area contributed by atoms with Crippen molar-refractivity contribution < 1.29 is 14.3 Å². The summed E-state index contributed by atoms with van der Waals surface area (Å²) in [5.74, 6) is -0.262. The number of hydrogen-bond donors (Lipinski definition) is 3. The number of urea groups is 1. The molecule has 0 atom stereocenters. The summed E-state index contributed by atoms with van der Waals surface area (Å²) in [5, 5.41) is 14.5. The molecule has 3 N–H and O–H groups in total. The fourth-order valence-corrected chi connectivity index (χ4v) is 1.98. The normalized spacial score (nSPS) is 10.3. The van der Waals surface area contributed by atoms with Gasteiger partial charge < -0.3 is 15.7 Å². The monoisotopic (exact) mass is 302 g/mol. The lowest BCUT2D eigenvalue weighted by Crippen LogP contribution is -2.36. The molecule has 2 rings (SSSR count). The van der Waals surface area contributed by atoms with Gasteiger partial charge in [0.2, 0.25) is 0 Å². The standard InChI is InChI=1S/C17H19FN2O2/c18-16-7-5-13(6-8-16)9-10-19-17(22)20-11-14-1-3-15(12-21)4-2-14/h1-8,21H,9-12H2,(H2,19,20,22). The molecule has 0 aliphatic heterocycles. The highest BCUT2D eigenvalue weighted by molar-refractivity contribution is 5.73. The van der Waals surface area contributed by atoms with Gasteiger partial charge in [-0.3, -0.25) is 0 Å². The second kappa shape index (κ2) is 8.14. The van der Waals surface area contributed by atoms with Crippen molar-refractivity contribution in [1.82, 2.24) is 10.6 Å². The predicted octanol–water partition coefficient (Wildman–Crippen LogP) is 2.36. The quantitative estimate of drug-likeness (QED) is 0.767. The van der Waals surface area contributed by atoms with Crippen LogP contribution in [-0.2, 0) is 19.6 Å². The van der Waals surface area contributed by atoms with Crippen molar-refractivity contribution in [2.45, 2.75) is 19.6 Å². The van der Waals surface area contributed by atoms with E-state index in [0.717, 1.165) is 16.7 Å². The van der Waals surface area contributed by atoms with Crippen LogP contribution in [0.5, 0.6) is 0 Å². The van der Waals surface area contributed by atoms with E-state index >= 15 is 0 Å². The molecule has 2 aromatic rings. The van der Waals surface area contributed by atoms with Crippen LogP contribution in [0, 0.1) is 5.82 Å². The number of carbonyl (C=O) groups excluding carboxylic acids is 1. The zero-order valence-electron chi connectivity index (χ0n) is 12.2. The van der Waals surface area contributed by atoms with Crippen LogP contribution in [0.3, 0.4) is 0 Å². The zero-order valence-corrected chi connectivity index (χ0v) is 12.2. The van der Waals surface area contributed by atoms with Crippen LogP contribution < -0.4 is 10.6 Å². The van der Waals surface area contributed by atoms with Gasteiger partial charge in [0.1, 0.15) is 5.82 Å². The van der Waals surface area contributed by atoms with E-state index in [9.17, 15) is 9.18 Å². The van der Waals surface area contributed by atoms with Crippen molar-refractivity contribution in [1.29, 1.82) is 0 Å². The third kappa shape index (κ3) is 5.18. The number of nitrogens with one attached hydrogen (secondary N) is 2. The third-order valence-electron chi connectivity index (χ3n) is 3.27. The van der Waals surface area contributed by atoms with Crippen LogP contribution in [0.2, 0.25) is 0 Å². The van der Waals surface area contributed by atoms with Gasteiger partial charge in [-0.2, -0.15) is 0 Å². The number of amides is 2. The van der Waals surface area contributed by atoms with Gasteiger partial charge in [-0.05, 0) is 35.2 Å². The van der Waals surface area contributed by atoms with Gasteiger partial charge >= 0.3 is 6.03 Å². The first-order chi connectivity index (χ1) is 10.7. The van der Waals surface area contributed by atoms with E-state index in [1.165, 1.54) is 12.1 Å². The number of aliphatic hydroxyl groups excluding tert-OH is 1. The Hall–Kier alpha value is -2.40. The molecule has 0 saturated carbocycles. The van der Waals surface area contributed by atoms with Crippen molar-refractivity contribution in [2.24, 2.45) is 0 Å². The minimum atomic E-state index is -0.262. The Morgan fingerprint density at radius 3 is 2.14 bits per heavy atom. The van der Waals surface area contributed by atoms with Gasteiger partial charge in [-0.15, -0.1) is 0 Å². The van der Waals surface area contributed by atoms with Crippen LogP contribution in [-0.4, -0.2) is 17.7 Å². The Kier molecular flexibility index (Phi) is 5.91. The molecular formula is C17H19FN2O2. The van der Waals surface area contributed by atoms with E-state index in [2.05, 4.69) is 10.6 Å². The lowest BCUT2D eigenvalue weighted by Gasteiger charge is -2.08. The Morgan fingerprint density at radius 2 is 1.50 bits per heavy atom. The van der Waals surface area contributed by atoms with Crippen LogP contribution in [0.1, 0.15) is 16.7 Å². The number of rotatable bonds is 6. The molecule has 116 valence electrons. The van der Waals surface area contributed by atoms with Gasteiger partial charge in [-0.25, -0.2) is 9.18 Å². The van der Waals surface area contributed by atoms with Gasteiger partial charge in [0.05, 0.1) is 6.61 Å². The average Bonchev–Trinajstić information content (AvgIpc) is 2.55. The fourth-order valence-electron chi connectivity index (χ4n) is 1.98. The summed E-state index contributed by atoms with van der Waals surface area (Å²) in [5.41, 5.74) is 2.78. The molecule has 0 bridgehead atoms. The van der Waals surface area contributed by atoms with Gasteiger partial charge in [0.15, 0.2) is 0 Å². The molecule has 0 spiro atoms. The molecule has 5 heteroatoms. The molecule has 0 aliphatic rings.